The predicted molar refractivity (Wildman–Crippen MR) is 82.8 cm³/mol. The fraction of sp³-hybridized carbons (Fsp3) is 0.588. The van der Waals surface area contributed by atoms with Crippen LogP contribution in [0, 0.1) is 5.92 Å². The molecule has 0 atom stereocenters. The van der Waals surface area contributed by atoms with E-state index in [1.165, 1.54) is 49.9 Å². The zero-order valence-corrected chi connectivity index (χ0v) is 12.2. The van der Waals surface area contributed by atoms with E-state index in [1.54, 1.807) is 0 Å². The van der Waals surface area contributed by atoms with Gasteiger partial charge in [0.2, 0.25) is 0 Å². The van der Waals surface area contributed by atoms with Crippen LogP contribution in [0.15, 0.2) is 18.2 Å². The maximum atomic E-state index is 5.92. The van der Waals surface area contributed by atoms with Crippen LogP contribution in [0.25, 0.3) is 11.0 Å². The lowest BCUT2D eigenvalue weighted by atomic mass is 9.87. The summed E-state index contributed by atoms with van der Waals surface area (Å²) in [5, 5.41) is 0. The lowest BCUT2D eigenvalue weighted by molar-refractivity contribution is 0.289. The van der Waals surface area contributed by atoms with E-state index in [-0.39, 0.29) is 0 Å². The summed E-state index contributed by atoms with van der Waals surface area (Å²) >= 11 is 0. The molecule has 3 nitrogen and oxygen atoms in total. The largest absolute Gasteiger partial charge is 0.399 e. The summed E-state index contributed by atoms with van der Waals surface area (Å²) in [6.45, 7) is 2.38. The lowest BCUT2D eigenvalue weighted by Crippen LogP contribution is -2.18. The Morgan fingerprint density at radius 3 is 2.55 bits per heavy atom. The summed E-state index contributed by atoms with van der Waals surface area (Å²) in [5.41, 5.74) is 9.12. The number of anilines is 1. The Kier molecular flexibility index (Phi) is 2.76. The first-order chi connectivity index (χ1) is 9.72. The number of nitrogens with zero attached hydrogens (tertiary/aromatic N) is 2. The minimum atomic E-state index is 0.649. The molecule has 4 rings (SSSR count). The molecule has 0 spiro atoms. The molecule has 0 amide bonds. The van der Waals surface area contributed by atoms with Crippen molar-refractivity contribution in [1.82, 2.24) is 9.55 Å². The van der Waals surface area contributed by atoms with Crippen molar-refractivity contribution in [1.29, 1.82) is 0 Å². The minimum absolute atomic E-state index is 0.649. The third kappa shape index (κ3) is 2.00. The molecule has 2 aliphatic rings. The number of nitrogen functional groups attached to an aromatic ring is 1. The predicted octanol–water partition coefficient (Wildman–Crippen LogP) is 4.25. The number of rotatable bonds is 2. The summed E-state index contributed by atoms with van der Waals surface area (Å²) in [6, 6.07) is 6.86. The fourth-order valence-electron chi connectivity index (χ4n) is 3.65. The van der Waals surface area contributed by atoms with Crippen LogP contribution in [0.1, 0.15) is 63.2 Å². The zero-order valence-electron chi connectivity index (χ0n) is 12.2. The van der Waals surface area contributed by atoms with Gasteiger partial charge in [0.05, 0.1) is 11.0 Å². The second-order valence-corrected chi connectivity index (χ2v) is 6.78. The first-order valence-corrected chi connectivity index (χ1v) is 7.99. The molecule has 2 saturated carbocycles. The van der Waals surface area contributed by atoms with E-state index in [1.807, 2.05) is 12.1 Å². The molecule has 2 fully saturated rings. The van der Waals surface area contributed by atoms with Crippen LogP contribution in [0.4, 0.5) is 5.69 Å². The minimum Gasteiger partial charge on any atom is -0.399 e. The van der Waals surface area contributed by atoms with Crippen LogP contribution in [-0.4, -0.2) is 9.55 Å². The number of imidazole rings is 1. The monoisotopic (exact) mass is 269 g/mol. The van der Waals surface area contributed by atoms with Crippen LogP contribution in [-0.2, 0) is 0 Å². The van der Waals surface area contributed by atoms with Gasteiger partial charge >= 0.3 is 0 Å². The van der Waals surface area contributed by atoms with Crippen LogP contribution in [0.3, 0.4) is 0 Å². The molecule has 2 aliphatic carbocycles. The van der Waals surface area contributed by atoms with Gasteiger partial charge in [0, 0.05) is 17.6 Å². The number of hydrogen-bond acceptors (Lipinski definition) is 2. The number of nitrogens with two attached hydrogens (primary N) is 1. The number of benzene rings is 1. The highest BCUT2D eigenvalue weighted by Crippen LogP contribution is 2.44. The third-order valence-corrected chi connectivity index (χ3v) is 5.03. The van der Waals surface area contributed by atoms with Gasteiger partial charge in [-0.1, -0.05) is 6.92 Å². The summed E-state index contributed by atoms with van der Waals surface area (Å²) in [6.07, 6.45) is 7.92. The van der Waals surface area contributed by atoms with Crippen molar-refractivity contribution in [3.8, 4) is 0 Å². The van der Waals surface area contributed by atoms with Gasteiger partial charge in [-0.05, 0) is 62.6 Å². The van der Waals surface area contributed by atoms with Gasteiger partial charge in [-0.3, -0.25) is 0 Å². The Morgan fingerprint density at radius 1 is 1.10 bits per heavy atom. The SMILES string of the molecule is CC1CCC(n2c(C3CC3)nc3cc(N)ccc32)CC1. The normalized spacial score (nSPS) is 27.1. The van der Waals surface area contributed by atoms with E-state index < -0.39 is 0 Å². The van der Waals surface area contributed by atoms with Gasteiger partial charge in [0.1, 0.15) is 5.82 Å². The van der Waals surface area contributed by atoms with Crippen molar-refractivity contribution >= 4 is 16.7 Å². The van der Waals surface area contributed by atoms with Crippen molar-refractivity contribution in [3.63, 3.8) is 0 Å². The van der Waals surface area contributed by atoms with Crippen LogP contribution in [0.5, 0.6) is 0 Å². The standard InChI is InChI=1S/C17H23N3/c1-11-2-7-14(8-3-11)20-16-9-6-13(18)10-15(16)19-17(20)12-4-5-12/h6,9-12,14H,2-5,7-8,18H2,1H3. The summed E-state index contributed by atoms with van der Waals surface area (Å²) < 4.78 is 2.55. The Hall–Kier alpha value is -1.51. The highest BCUT2D eigenvalue weighted by molar-refractivity contribution is 5.80. The summed E-state index contributed by atoms with van der Waals surface area (Å²) in [5.74, 6) is 2.91. The molecule has 3 heteroatoms. The Labute approximate surface area is 120 Å². The molecule has 0 radical (unpaired) electrons. The quantitative estimate of drug-likeness (QED) is 0.828. The van der Waals surface area contributed by atoms with Gasteiger partial charge in [0.15, 0.2) is 0 Å². The Balaban J connectivity index is 1.81. The van der Waals surface area contributed by atoms with Gasteiger partial charge in [-0.15, -0.1) is 0 Å². The van der Waals surface area contributed by atoms with E-state index in [9.17, 15) is 0 Å². The molecule has 0 unspecified atom stereocenters. The first-order valence-electron chi connectivity index (χ1n) is 7.99. The molecule has 1 heterocycles. The molecule has 20 heavy (non-hydrogen) atoms. The van der Waals surface area contributed by atoms with Crippen molar-refractivity contribution < 1.29 is 0 Å². The number of hydrogen-bond donors (Lipinski definition) is 1. The maximum Gasteiger partial charge on any atom is 0.113 e. The van der Waals surface area contributed by atoms with Crippen molar-refractivity contribution in [2.45, 2.75) is 57.4 Å². The summed E-state index contributed by atoms with van der Waals surface area (Å²) in [7, 11) is 0. The van der Waals surface area contributed by atoms with E-state index in [4.69, 9.17) is 10.7 Å². The molecule has 1 aromatic carbocycles. The molecule has 0 bridgehead atoms. The molecule has 2 aromatic rings. The van der Waals surface area contributed by atoms with Gasteiger partial charge < -0.3 is 10.3 Å². The van der Waals surface area contributed by atoms with E-state index >= 15 is 0 Å². The molecular weight excluding hydrogens is 246 g/mol. The van der Waals surface area contributed by atoms with Crippen LogP contribution >= 0.6 is 0 Å². The first kappa shape index (κ1) is 12.2. The maximum absolute atomic E-state index is 5.92. The lowest BCUT2D eigenvalue weighted by Gasteiger charge is -2.29. The van der Waals surface area contributed by atoms with Crippen molar-refractivity contribution in [2.24, 2.45) is 5.92 Å². The molecule has 1 aromatic heterocycles. The van der Waals surface area contributed by atoms with Crippen molar-refractivity contribution in [2.75, 3.05) is 5.73 Å². The Morgan fingerprint density at radius 2 is 1.85 bits per heavy atom. The van der Waals surface area contributed by atoms with E-state index in [2.05, 4.69) is 17.6 Å². The molecule has 0 aliphatic heterocycles. The highest BCUT2D eigenvalue weighted by atomic mass is 15.1. The second-order valence-electron chi connectivity index (χ2n) is 6.78. The highest BCUT2D eigenvalue weighted by Gasteiger charge is 2.32. The van der Waals surface area contributed by atoms with Crippen molar-refractivity contribution in [3.05, 3.63) is 24.0 Å². The van der Waals surface area contributed by atoms with Gasteiger partial charge in [-0.25, -0.2) is 4.98 Å². The number of aromatic nitrogens is 2. The zero-order chi connectivity index (χ0) is 13.7. The smallest absolute Gasteiger partial charge is 0.113 e. The van der Waals surface area contributed by atoms with E-state index in [0.717, 1.165) is 17.1 Å². The van der Waals surface area contributed by atoms with Crippen LogP contribution < -0.4 is 5.73 Å². The summed E-state index contributed by atoms with van der Waals surface area (Å²) in [4.78, 5) is 4.91. The molecular formula is C17H23N3. The van der Waals surface area contributed by atoms with E-state index in [0.29, 0.717) is 12.0 Å². The molecule has 106 valence electrons. The Bertz CT molecular complexity index is 631. The average molecular weight is 269 g/mol. The van der Waals surface area contributed by atoms with Crippen LogP contribution in [0.2, 0.25) is 0 Å². The number of fused-ring (bicyclic) bond motifs is 1. The topological polar surface area (TPSA) is 43.8 Å². The average Bonchev–Trinajstić information content (AvgIpc) is 3.21. The fourth-order valence-corrected chi connectivity index (χ4v) is 3.65. The molecule has 2 N–H and O–H groups in total. The third-order valence-electron chi connectivity index (χ3n) is 5.03. The van der Waals surface area contributed by atoms with Gasteiger partial charge in [0.25, 0.3) is 0 Å². The second kappa shape index (κ2) is 4.51. The molecule has 0 saturated heterocycles. The van der Waals surface area contributed by atoms with Gasteiger partial charge in [-0.2, -0.15) is 0 Å².